The molecule has 2 aromatic heterocycles. The number of rotatable bonds is 5. The van der Waals surface area contributed by atoms with Crippen molar-refractivity contribution in [1.82, 2.24) is 30.0 Å². The molecule has 0 saturated carbocycles. The number of hydrogen-bond acceptors (Lipinski definition) is 7. The molecule has 1 fully saturated rings. The second-order valence-corrected chi connectivity index (χ2v) is 5.62. The second kappa shape index (κ2) is 6.31. The average Bonchev–Trinajstić information content (AvgIpc) is 3.11. The SMILES string of the molecule is CN1CCC(Cc2noc(-c3cn(CCN)nn3)n2)CC1. The summed E-state index contributed by atoms with van der Waals surface area (Å²) in [5.74, 6) is 1.83. The van der Waals surface area contributed by atoms with Gasteiger partial charge in [-0.15, -0.1) is 5.10 Å². The lowest BCUT2D eigenvalue weighted by atomic mass is 9.94. The fourth-order valence-corrected chi connectivity index (χ4v) is 2.60. The van der Waals surface area contributed by atoms with Crippen molar-refractivity contribution in [3.8, 4) is 11.6 Å². The van der Waals surface area contributed by atoms with Gasteiger partial charge in [-0.25, -0.2) is 0 Å². The Morgan fingerprint density at radius 1 is 1.38 bits per heavy atom. The minimum Gasteiger partial charge on any atom is -0.332 e. The lowest BCUT2D eigenvalue weighted by molar-refractivity contribution is 0.216. The molecule has 114 valence electrons. The molecule has 0 atom stereocenters. The highest BCUT2D eigenvalue weighted by Gasteiger charge is 2.20. The van der Waals surface area contributed by atoms with E-state index >= 15 is 0 Å². The number of hydrogen-bond donors (Lipinski definition) is 1. The molecule has 3 heterocycles. The monoisotopic (exact) mass is 291 g/mol. The number of aromatic nitrogens is 5. The van der Waals surface area contributed by atoms with Crippen LogP contribution in [0, 0.1) is 5.92 Å². The Bertz CT molecular complexity index is 571. The summed E-state index contributed by atoms with van der Waals surface area (Å²) < 4.78 is 6.96. The molecule has 0 aliphatic carbocycles. The van der Waals surface area contributed by atoms with E-state index < -0.39 is 0 Å². The maximum absolute atomic E-state index is 5.48. The highest BCUT2D eigenvalue weighted by Crippen LogP contribution is 2.21. The van der Waals surface area contributed by atoms with Crippen molar-refractivity contribution in [3.63, 3.8) is 0 Å². The van der Waals surface area contributed by atoms with Crippen molar-refractivity contribution in [2.24, 2.45) is 11.7 Å². The van der Waals surface area contributed by atoms with Gasteiger partial charge in [-0.1, -0.05) is 10.4 Å². The summed E-state index contributed by atoms with van der Waals surface area (Å²) in [6.07, 6.45) is 5.02. The van der Waals surface area contributed by atoms with E-state index in [-0.39, 0.29) is 0 Å². The first-order chi connectivity index (χ1) is 10.2. The maximum atomic E-state index is 5.48. The number of nitrogens with two attached hydrogens (primary N) is 1. The third kappa shape index (κ3) is 3.45. The fraction of sp³-hybridized carbons (Fsp3) is 0.692. The first-order valence-electron chi connectivity index (χ1n) is 7.36. The van der Waals surface area contributed by atoms with Crippen molar-refractivity contribution >= 4 is 0 Å². The summed E-state index contributed by atoms with van der Waals surface area (Å²) in [6.45, 7) is 3.43. The van der Waals surface area contributed by atoms with Gasteiger partial charge in [0.2, 0.25) is 0 Å². The fourth-order valence-electron chi connectivity index (χ4n) is 2.60. The van der Waals surface area contributed by atoms with Crippen LogP contribution in [0.1, 0.15) is 18.7 Å². The van der Waals surface area contributed by atoms with Gasteiger partial charge in [0.1, 0.15) is 0 Å². The summed E-state index contributed by atoms with van der Waals surface area (Å²) >= 11 is 0. The molecule has 1 aliphatic rings. The van der Waals surface area contributed by atoms with Gasteiger partial charge in [0.25, 0.3) is 5.89 Å². The standard InChI is InChI=1S/C13H21N7O/c1-19-5-2-10(3-6-19)8-12-15-13(21-17-12)11-9-20(7-4-14)18-16-11/h9-10H,2-8,14H2,1H3. The van der Waals surface area contributed by atoms with Gasteiger partial charge in [0.05, 0.1) is 12.7 Å². The van der Waals surface area contributed by atoms with E-state index in [0.29, 0.717) is 30.6 Å². The third-order valence-electron chi connectivity index (χ3n) is 3.89. The topological polar surface area (TPSA) is 98.9 Å². The Kier molecular flexibility index (Phi) is 4.26. The average molecular weight is 291 g/mol. The van der Waals surface area contributed by atoms with Crippen LogP contribution in [0.15, 0.2) is 10.7 Å². The summed E-state index contributed by atoms with van der Waals surface area (Å²) in [5, 5.41) is 12.1. The Labute approximate surface area is 123 Å². The smallest absolute Gasteiger partial charge is 0.280 e. The molecule has 2 aromatic rings. The van der Waals surface area contributed by atoms with E-state index in [2.05, 4.69) is 32.4 Å². The largest absolute Gasteiger partial charge is 0.332 e. The summed E-state index contributed by atoms with van der Waals surface area (Å²) in [5.41, 5.74) is 6.09. The Morgan fingerprint density at radius 2 is 2.19 bits per heavy atom. The molecule has 8 heteroatoms. The molecule has 21 heavy (non-hydrogen) atoms. The normalized spacial score (nSPS) is 17.4. The van der Waals surface area contributed by atoms with Crippen LogP contribution in [0.5, 0.6) is 0 Å². The summed E-state index contributed by atoms with van der Waals surface area (Å²) in [6, 6.07) is 0. The molecule has 0 unspecified atom stereocenters. The Hall–Kier alpha value is -1.80. The molecule has 0 radical (unpaired) electrons. The third-order valence-corrected chi connectivity index (χ3v) is 3.89. The Morgan fingerprint density at radius 3 is 2.95 bits per heavy atom. The molecule has 0 aromatic carbocycles. The van der Waals surface area contributed by atoms with Gasteiger partial charge in [-0.05, 0) is 38.9 Å². The molecular weight excluding hydrogens is 270 g/mol. The number of piperidine rings is 1. The Balaban J connectivity index is 1.62. The highest BCUT2D eigenvalue weighted by atomic mass is 16.5. The molecule has 1 saturated heterocycles. The van der Waals surface area contributed by atoms with Gasteiger partial charge in [0, 0.05) is 13.0 Å². The van der Waals surface area contributed by atoms with E-state index in [1.165, 1.54) is 12.8 Å². The number of likely N-dealkylation sites (tertiary alicyclic amines) is 1. The van der Waals surface area contributed by atoms with Gasteiger partial charge in [-0.2, -0.15) is 4.98 Å². The number of nitrogens with zero attached hydrogens (tertiary/aromatic N) is 6. The molecular formula is C13H21N7O. The van der Waals surface area contributed by atoms with Gasteiger partial charge >= 0.3 is 0 Å². The van der Waals surface area contributed by atoms with Crippen LogP contribution in [0.3, 0.4) is 0 Å². The van der Waals surface area contributed by atoms with E-state index in [9.17, 15) is 0 Å². The van der Waals surface area contributed by atoms with Crippen LogP contribution in [-0.4, -0.2) is 56.7 Å². The van der Waals surface area contributed by atoms with E-state index in [1.807, 2.05) is 0 Å². The first kappa shape index (κ1) is 14.2. The zero-order valence-electron chi connectivity index (χ0n) is 12.3. The minimum atomic E-state index is 0.432. The molecule has 8 nitrogen and oxygen atoms in total. The maximum Gasteiger partial charge on any atom is 0.280 e. The molecule has 0 spiro atoms. The zero-order chi connectivity index (χ0) is 14.7. The quantitative estimate of drug-likeness (QED) is 0.838. The van der Waals surface area contributed by atoms with Gasteiger partial charge < -0.3 is 15.2 Å². The minimum absolute atomic E-state index is 0.432. The predicted octanol–water partition coefficient (Wildman–Crippen LogP) is 0.171. The van der Waals surface area contributed by atoms with Crippen LogP contribution in [0.4, 0.5) is 0 Å². The van der Waals surface area contributed by atoms with Crippen molar-refractivity contribution in [3.05, 3.63) is 12.0 Å². The predicted molar refractivity (Wildman–Crippen MR) is 76.3 cm³/mol. The van der Waals surface area contributed by atoms with E-state index in [0.717, 1.165) is 25.3 Å². The van der Waals surface area contributed by atoms with E-state index in [4.69, 9.17) is 10.3 Å². The highest BCUT2D eigenvalue weighted by molar-refractivity contribution is 5.43. The first-order valence-corrected chi connectivity index (χ1v) is 7.36. The van der Waals surface area contributed by atoms with Crippen LogP contribution in [-0.2, 0) is 13.0 Å². The summed E-state index contributed by atoms with van der Waals surface area (Å²) in [7, 11) is 2.16. The van der Waals surface area contributed by atoms with Crippen LogP contribution in [0.2, 0.25) is 0 Å². The lowest BCUT2D eigenvalue weighted by Gasteiger charge is -2.27. The second-order valence-electron chi connectivity index (χ2n) is 5.62. The summed E-state index contributed by atoms with van der Waals surface area (Å²) in [4.78, 5) is 6.78. The lowest BCUT2D eigenvalue weighted by Crippen LogP contribution is -2.31. The van der Waals surface area contributed by atoms with Crippen LogP contribution >= 0.6 is 0 Å². The van der Waals surface area contributed by atoms with Crippen molar-refractivity contribution < 1.29 is 4.52 Å². The van der Waals surface area contributed by atoms with Crippen molar-refractivity contribution in [1.29, 1.82) is 0 Å². The van der Waals surface area contributed by atoms with Crippen LogP contribution < -0.4 is 5.73 Å². The molecule has 1 aliphatic heterocycles. The van der Waals surface area contributed by atoms with Gasteiger partial charge in [0.15, 0.2) is 11.5 Å². The van der Waals surface area contributed by atoms with E-state index in [1.54, 1.807) is 10.9 Å². The molecule has 2 N–H and O–H groups in total. The van der Waals surface area contributed by atoms with Crippen molar-refractivity contribution in [2.75, 3.05) is 26.7 Å². The molecule has 0 amide bonds. The van der Waals surface area contributed by atoms with Crippen molar-refractivity contribution in [2.45, 2.75) is 25.8 Å². The zero-order valence-corrected chi connectivity index (χ0v) is 12.3. The van der Waals surface area contributed by atoms with Crippen LogP contribution in [0.25, 0.3) is 11.6 Å². The molecule has 0 bridgehead atoms. The molecule has 3 rings (SSSR count). The van der Waals surface area contributed by atoms with Gasteiger partial charge in [-0.3, -0.25) is 4.68 Å².